The van der Waals surface area contributed by atoms with Crippen LogP contribution in [-0.2, 0) is 14.8 Å². The fourth-order valence-electron chi connectivity index (χ4n) is 2.86. The normalized spacial score (nSPS) is 15.2. The number of amides is 1. The summed E-state index contributed by atoms with van der Waals surface area (Å²) in [7, 11) is -3.86. The maximum atomic E-state index is 12.9. The lowest BCUT2D eigenvalue weighted by Gasteiger charge is -2.26. The van der Waals surface area contributed by atoms with Crippen LogP contribution in [0.3, 0.4) is 0 Å². The number of halogens is 1. The molecule has 148 valence electrons. The number of rotatable bonds is 5. The highest BCUT2D eigenvalue weighted by Gasteiger charge is 2.29. The highest BCUT2D eigenvalue weighted by atomic mass is 35.5. The molecule has 1 fully saturated rings. The first kappa shape index (κ1) is 20.5. The van der Waals surface area contributed by atoms with E-state index in [2.05, 4.69) is 5.32 Å². The summed E-state index contributed by atoms with van der Waals surface area (Å²) >= 11 is 6.12. The number of nitrogens with zero attached hydrogens (tertiary/aromatic N) is 1. The Morgan fingerprint density at radius 1 is 1.11 bits per heavy atom. The number of anilines is 1. The molecule has 0 aliphatic carbocycles. The van der Waals surface area contributed by atoms with Crippen molar-refractivity contribution in [3.8, 4) is 0 Å². The number of morpholine rings is 1. The fraction of sp³-hybridized carbons (Fsp3) is 0.263. The number of nitrogens with one attached hydrogen (secondary N) is 1. The van der Waals surface area contributed by atoms with Crippen molar-refractivity contribution in [2.45, 2.75) is 11.8 Å². The SMILES string of the molecule is CC(=O)c1ccccc1NC(=O)c1ccc(Cl)c(S(=O)(=O)N2CCOCC2)c1. The molecule has 1 aliphatic rings. The van der Waals surface area contributed by atoms with Crippen LogP contribution in [0.25, 0.3) is 0 Å². The average Bonchev–Trinajstić information content (AvgIpc) is 2.69. The highest BCUT2D eigenvalue weighted by Crippen LogP contribution is 2.27. The van der Waals surface area contributed by atoms with Gasteiger partial charge in [0.25, 0.3) is 5.91 Å². The Bertz CT molecular complexity index is 1020. The summed E-state index contributed by atoms with van der Waals surface area (Å²) in [5.41, 5.74) is 0.841. The highest BCUT2D eigenvalue weighted by molar-refractivity contribution is 7.89. The van der Waals surface area contributed by atoms with Crippen LogP contribution in [0.15, 0.2) is 47.4 Å². The van der Waals surface area contributed by atoms with Gasteiger partial charge in [-0.15, -0.1) is 0 Å². The van der Waals surface area contributed by atoms with Crippen molar-refractivity contribution in [2.75, 3.05) is 31.6 Å². The van der Waals surface area contributed by atoms with Gasteiger partial charge in [0, 0.05) is 24.2 Å². The number of hydrogen-bond donors (Lipinski definition) is 1. The van der Waals surface area contributed by atoms with E-state index in [-0.39, 0.29) is 34.4 Å². The molecule has 0 radical (unpaired) electrons. The molecular weight excluding hydrogens is 404 g/mol. The molecule has 0 unspecified atom stereocenters. The molecule has 3 rings (SSSR count). The van der Waals surface area contributed by atoms with E-state index in [0.717, 1.165) is 0 Å². The summed E-state index contributed by atoms with van der Waals surface area (Å²) in [4.78, 5) is 24.3. The predicted octanol–water partition coefficient (Wildman–Crippen LogP) is 2.82. The molecule has 0 spiro atoms. The van der Waals surface area contributed by atoms with Crippen LogP contribution in [-0.4, -0.2) is 50.7 Å². The lowest BCUT2D eigenvalue weighted by Crippen LogP contribution is -2.40. The van der Waals surface area contributed by atoms with Crippen molar-refractivity contribution in [3.05, 3.63) is 58.6 Å². The smallest absolute Gasteiger partial charge is 0.255 e. The summed E-state index contributed by atoms with van der Waals surface area (Å²) in [5.74, 6) is -0.730. The summed E-state index contributed by atoms with van der Waals surface area (Å²) in [5, 5.41) is 2.69. The molecule has 0 aromatic heterocycles. The van der Waals surface area contributed by atoms with Gasteiger partial charge in [-0.25, -0.2) is 8.42 Å². The van der Waals surface area contributed by atoms with E-state index in [1.54, 1.807) is 24.3 Å². The minimum atomic E-state index is -3.86. The van der Waals surface area contributed by atoms with Crippen LogP contribution >= 0.6 is 11.6 Å². The lowest BCUT2D eigenvalue weighted by atomic mass is 10.1. The van der Waals surface area contributed by atoms with Gasteiger partial charge in [0.05, 0.1) is 23.9 Å². The van der Waals surface area contributed by atoms with Crippen LogP contribution in [0.5, 0.6) is 0 Å². The zero-order valence-electron chi connectivity index (χ0n) is 15.1. The average molecular weight is 423 g/mol. The second-order valence-electron chi connectivity index (χ2n) is 6.22. The van der Waals surface area contributed by atoms with Gasteiger partial charge in [-0.05, 0) is 37.3 Å². The van der Waals surface area contributed by atoms with E-state index in [0.29, 0.717) is 24.5 Å². The van der Waals surface area contributed by atoms with Gasteiger partial charge < -0.3 is 10.1 Å². The van der Waals surface area contributed by atoms with Gasteiger partial charge in [-0.3, -0.25) is 9.59 Å². The van der Waals surface area contributed by atoms with Crippen molar-refractivity contribution >= 4 is 39.0 Å². The minimum absolute atomic E-state index is 0.0344. The Morgan fingerprint density at radius 3 is 2.46 bits per heavy atom. The van der Waals surface area contributed by atoms with Crippen LogP contribution in [0.4, 0.5) is 5.69 Å². The Kier molecular flexibility index (Phi) is 6.14. The topological polar surface area (TPSA) is 92.8 Å². The first-order valence-electron chi connectivity index (χ1n) is 8.59. The first-order chi connectivity index (χ1) is 13.3. The van der Waals surface area contributed by atoms with Crippen LogP contribution in [0.2, 0.25) is 5.02 Å². The number of carbonyl (C=O) groups excluding carboxylic acids is 2. The molecule has 1 heterocycles. The number of carbonyl (C=O) groups is 2. The molecule has 1 aliphatic heterocycles. The molecule has 0 bridgehead atoms. The predicted molar refractivity (Wildman–Crippen MR) is 105 cm³/mol. The molecule has 0 atom stereocenters. The van der Waals surface area contributed by atoms with Crippen molar-refractivity contribution in [2.24, 2.45) is 0 Å². The van der Waals surface area contributed by atoms with Crippen LogP contribution in [0, 0.1) is 0 Å². The number of ketones is 1. The van der Waals surface area contributed by atoms with Gasteiger partial charge in [-0.2, -0.15) is 4.31 Å². The molecule has 9 heteroatoms. The largest absolute Gasteiger partial charge is 0.379 e. The van der Waals surface area contributed by atoms with Crippen molar-refractivity contribution in [1.29, 1.82) is 0 Å². The quantitative estimate of drug-likeness (QED) is 0.748. The molecular formula is C19H19ClN2O5S. The van der Waals surface area contributed by atoms with E-state index in [1.165, 1.54) is 29.4 Å². The molecule has 1 saturated heterocycles. The van der Waals surface area contributed by atoms with Gasteiger partial charge in [0.1, 0.15) is 4.90 Å². The Balaban J connectivity index is 1.91. The first-order valence-corrected chi connectivity index (χ1v) is 10.4. The third-order valence-corrected chi connectivity index (χ3v) is 6.72. The second kappa shape index (κ2) is 8.40. The summed E-state index contributed by atoms with van der Waals surface area (Å²) in [6.45, 7) is 2.46. The molecule has 1 N–H and O–H groups in total. The summed E-state index contributed by atoms with van der Waals surface area (Å²) in [6.07, 6.45) is 0. The molecule has 28 heavy (non-hydrogen) atoms. The maximum Gasteiger partial charge on any atom is 0.255 e. The fourth-order valence-corrected chi connectivity index (χ4v) is 4.77. The number of para-hydroxylation sites is 1. The van der Waals surface area contributed by atoms with Gasteiger partial charge in [0.15, 0.2) is 5.78 Å². The van der Waals surface area contributed by atoms with Gasteiger partial charge in [0.2, 0.25) is 10.0 Å². The second-order valence-corrected chi connectivity index (χ2v) is 8.53. The number of sulfonamides is 1. The third kappa shape index (κ3) is 4.25. The number of ether oxygens (including phenoxy) is 1. The van der Waals surface area contributed by atoms with E-state index in [9.17, 15) is 18.0 Å². The molecule has 2 aromatic rings. The molecule has 0 saturated carbocycles. The van der Waals surface area contributed by atoms with E-state index in [1.807, 2.05) is 0 Å². The standard InChI is InChI=1S/C19H19ClN2O5S/c1-13(23)15-4-2-3-5-17(15)21-19(24)14-6-7-16(20)18(12-14)28(25,26)22-8-10-27-11-9-22/h2-7,12H,8-11H2,1H3,(H,21,24). The van der Waals surface area contributed by atoms with Crippen molar-refractivity contribution in [3.63, 3.8) is 0 Å². The number of hydrogen-bond acceptors (Lipinski definition) is 5. The zero-order valence-corrected chi connectivity index (χ0v) is 16.7. The zero-order chi connectivity index (χ0) is 20.3. The minimum Gasteiger partial charge on any atom is -0.379 e. The molecule has 2 aromatic carbocycles. The van der Waals surface area contributed by atoms with Gasteiger partial charge in [-0.1, -0.05) is 23.7 Å². The number of Topliss-reactive ketones (excluding diaryl/α,β-unsaturated/α-hetero) is 1. The summed E-state index contributed by atoms with van der Waals surface area (Å²) < 4.78 is 32.3. The maximum absolute atomic E-state index is 12.9. The van der Waals surface area contributed by atoms with Crippen LogP contribution < -0.4 is 5.32 Å². The van der Waals surface area contributed by atoms with E-state index in [4.69, 9.17) is 16.3 Å². The Labute approximate surface area is 168 Å². The van der Waals surface area contributed by atoms with Crippen LogP contribution in [0.1, 0.15) is 27.6 Å². The van der Waals surface area contributed by atoms with Crippen molar-refractivity contribution < 1.29 is 22.7 Å². The van der Waals surface area contributed by atoms with Crippen molar-refractivity contribution in [1.82, 2.24) is 4.31 Å². The number of benzene rings is 2. The molecule has 7 nitrogen and oxygen atoms in total. The monoisotopic (exact) mass is 422 g/mol. The van der Waals surface area contributed by atoms with E-state index >= 15 is 0 Å². The molecule has 1 amide bonds. The Hall–Kier alpha value is -2.26. The van der Waals surface area contributed by atoms with Gasteiger partial charge >= 0.3 is 0 Å². The Morgan fingerprint density at radius 2 is 1.79 bits per heavy atom. The third-order valence-electron chi connectivity index (χ3n) is 4.34. The lowest BCUT2D eigenvalue weighted by molar-refractivity contribution is 0.0730. The van der Waals surface area contributed by atoms with E-state index < -0.39 is 15.9 Å². The summed E-state index contributed by atoms with van der Waals surface area (Å²) in [6, 6.07) is 10.7.